The minimum atomic E-state index is 0.000191. The lowest BCUT2D eigenvalue weighted by atomic mass is 9.99. The van der Waals surface area contributed by atoms with E-state index in [9.17, 15) is 4.79 Å². The number of ketones is 1. The molecule has 2 atom stereocenters. The summed E-state index contributed by atoms with van der Waals surface area (Å²) in [6, 6.07) is 0. The molecule has 15 heavy (non-hydrogen) atoms. The van der Waals surface area contributed by atoms with Crippen molar-refractivity contribution in [1.82, 2.24) is 9.55 Å². The topological polar surface area (TPSA) is 44.1 Å². The molecule has 0 bridgehead atoms. The standard InChI is InChI=1S/C11H16N2O2/c1-3-13-5-10(12-7-13)11(14)9-4-8(2)15-6-9/h5,7-9H,3-4,6H2,1-2H3. The third-order valence-corrected chi connectivity index (χ3v) is 2.82. The Kier molecular flexibility index (Phi) is 2.86. The maximum absolute atomic E-state index is 12.0. The van der Waals surface area contributed by atoms with Crippen molar-refractivity contribution in [3.63, 3.8) is 0 Å². The molecule has 1 aliphatic rings. The summed E-state index contributed by atoms with van der Waals surface area (Å²) in [6.07, 6.45) is 4.53. The van der Waals surface area contributed by atoms with Gasteiger partial charge in [-0.2, -0.15) is 0 Å². The van der Waals surface area contributed by atoms with Gasteiger partial charge in [0.15, 0.2) is 5.78 Å². The van der Waals surface area contributed by atoms with Gasteiger partial charge in [0.1, 0.15) is 5.69 Å². The number of imidazole rings is 1. The van der Waals surface area contributed by atoms with Gasteiger partial charge in [-0.25, -0.2) is 4.98 Å². The average Bonchev–Trinajstić information content (AvgIpc) is 2.84. The molecule has 4 heteroatoms. The second-order valence-corrected chi connectivity index (χ2v) is 4.03. The van der Waals surface area contributed by atoms with Gasteiger partial charge in [-0.05, 0) is 20.3 Å². The van der Waals surface area contributed by atoms with Gasteiger partial charge in [-0.1, -0.05) is 0 Å². The summed E-state index contributed by atoms with van der Waals surface area (Å²) in [7, 11) is 0. The van der Waals surface area contributed by atoms with Crippen LogP contribution in [0, 0.1) is 5.92 Å². The number of Topliss-reactive ketones (excluding diaryl/α,β-unsaturated/α-hetero) is 1. The molecule has 1 aromatic heterocycles. The van der Waals surface area contributed by atoms with Crippen LogP contribution >= 0.6 is 0 Å². The van der Waals surface area contributed by atoms with Crippen molar-refractivity contribution in [2.75, 3.05) is 6.61 Å². The van der Waals surface area contributed by atoms with Gasteiger partial charge in [0, 0.05) is 18.7 Å². The quantitative estimate of drug-likeness (QED) is 0.707. The summed E-state index contributed by atoms with van der Waals surface area (Å²) < 4.78 is 7.29. The number of hydrogen-bond acceptors (Lipinski definition) is 3. The lowest BCUT2D eigenvalue weighted by Gasteiger charge is -2.02. The Balaban J connectivity index is 2.07. The summed E-state index contributed by atoms with van der Waals surface area (Å²) in [4.78, 5) is 16.1. The zero-order chi connectivity index (χ0) is 10.8. The third kappa shape index (κ3) is 2.09. The predicted octanol–water partition coefficient (Wildman–Crippen LogP) is 1.51. The van der Waals surface area contributed by atoms with Crippen LogP contribution in [0.1, 0.15) is 30.8 Å². The molecule has 1 fully saturated rings. The normalized spacial score (nSPS) is 25.7. The number of carbonyl (C=O) groups excluding carboxylic acids is 1. The third-order valence-electron chi connectivity index (χ3n) is 2.82. The summed E-state index contributed by atoms with van der Waals surface area (Å²) >= 11 is 0. The Hall–Kier alpha value is -1.16. The Morgan fingerprint density at radius 2 is 2.53 bits per heavy atom. The van der Waals surface area contributed by atoms with E-state index in [4.69, 9.17) is 4.74 Å². The summed E-state index contributed by atoms with van der Waals surface area (Å²) in [5.74, 6) is 0.117. The molecular formula is C11H16N2O2. The molecule has 82 valence electrons. The first kappa shape index (κ1) is 10.4. The van der Waals surface area contributed by atoms with E-state index in [2.05, 4.69) is 4.98 Å². The minimum absolute atomic E-state index is 0.000191. The predicted molar refractivity (Wildman–Crippen MR) is 55.8 cm³/mol. The molecule has 4 nitrogen and oxygen atoms in total. The number of ether oxygens (including phenoxy) is 1. The van der Waals surface area contributed by atoms with Crippen LogP contribution in [0.3, 0.4) is 0 Å². The van der Waals surface area contributed by atoms with Crippen molar-refractivity contribution >= 4 is 5.78 Å². The SMILES string of the molecule is CCn1cnc(C(=O)C2COC(C)C2)c1. The van der Waals surface area contributed by atoms with Gasteiger partial charge >= 0.3 is 0 Å². The summed E-state index contributed by atoms with van der Waals surface area (Å²) in [5.41, 5.74) is 0.569. The number of aryl methyl sites for hydroxylation is 1. The maximum Gasteiger partial charge on any atom is 0.188 e. The Morgan fingerprint density at radius 3 is 3.07 bits per heavy atom. The van der Waals surface area contributed by atoms with Crippen molar-refractivity contribution < 1.29 is 9.53 Å². The molecule has 0 radical (unpaired) electrons. The van der Waals surface area contributed by atoms with Crippen LogP contribution in [0.4, 0.5) is 0 Å². The van der Waals surface area contributed by atoms with E-state index >= 15 is 0 Å². The first-order chi connectivity index (χ1) is 7.20. The molecule has 2 unspecified atom stereocenters. The first-order valence-electron chi connectivity index (χ1n) is 5.38. The van der Waals surface area contributed by atoms with E-state index in [1.807, 2.05) is 24.6 Å². The van der Waals surface area contributed by atoms with Crippen molar-refractivity contribution in [3.8, 4) is 0 Å². The summed E-state index contributed by atoms with van der Waals surface area (Å²) in [5, 5.41) is 0. The highest BCUT2D eigenvalue weighted by Crippen LogP contribution is 2.22. The second kappa shape index (κ2) is 4.14. The molecule has 1 saturated heterocycles. The molecule has 2 heterocycles. The minimum Gasteiger partial charge on any atom is -0.378 e. The second-order valence-electron chi connectivity index (χ2n) is 4.03. The Labute approximate surface area is 89.3 Å². The molecule has 0 spiro atoms. The van der Waals surface area contributed by atoms with E-state index in [1.165, 1.54) is 0 Å². The monoisotopic (exact) mass is 208 g/mol. The van der Waals surface area contributed by atoms with Crippen molar-refractivity contribution in [3.05, 3.63) is 18.2 Å². The first-order valence-corrected chi connectivity index (χ1v) is 5.38. The number of hydrogen-bond donors (Lipinski definition) is 0. The molecular weight excluding hydrogens is 192 g/mol. The van der Waals surface area contributed by atoms with Crippen LogP contribution < -0.4 is 0 Å². The van der Waals surface area contributed by atoms with Gasteiger partial charge < -0.3 is 9.30 Å². The fourth-order valence-electron chi connectivity index (χ4n) is 1.87. The Morgan fingerprint density at radius 1 is 1.73 bits per heavy atom. The molecule has 1 aromatic rings. The molecule has 0 N–H and O–H groups in total. The maximum atomic E-state index is 12.0. The van der Waals surface area contributed by atoms with E-state index < -0.39 is 0 Å². The number of carbonyl (C=O) groups is 1. The van der Waals surface area contributed by atoms with Gasteiger partial charge in [0.05, 0.1) is 19.0 Å². The van der Waals surface area contributed by atoms with Crippen LogP contribution in [-0.2, 0) is 11.3 Å². The highest BCUT2D eigenvalue weighted by molar-refractivity contribution is 5.96. The fourth-order valence-corrected chi connectivity index (χ4v) is 1.87. The van der Waals surface area contributed by atoms with E-state index in [0.29, 0.717) is 12.3 Å². The van der Waals surface area contributed by atoms with Crippen LogP contribution in [0.2, 0.25) is 0 Å². The molecule has 0 amide bonds. The van der Waals surface area contributed by atoms with Crippen LogP contribution in [0.25, 0.3) is 0 Å². The highest BCUT2D eigenvalue weighted by Gasteiger charge is 2.29. The number of rotatable bonds is 3. The molecule has 0 aromatic carbocycles. The zero-order valence-electron chi connectivity index (χ0n) is 9.14. The van der Waals surface area contributed by atoms with Crippen molar-refractivity contribution in [2.45, 2.75) is 32.9 Å². The van der Waals surface area contributed by atoms with Crippen molar-refractivity contribution in [1.29, 1.82) is 0 Å². The molecule has 2 rings (SSSR count). The van der Waals surface area contributed by atoms with Gasteiger partial charge in [-0.15, -0.1) is 0 Å². The van der Waals surface area contributed by atoms with Gasteiger partial charge in [-0.3, -0.25) is 4.79 Å². The summed E-state index contributed by atoms with van der Waals surface area (Å²) in [6.45, 7) is 5.41. The van der Waals surface area contributed by atoms with Crippen LogP contribution in [-0.4, -0.2) is 28.0 Å². The molecule has 1 aliphatic heterocycles. The van der Waals surface area contributed by atoms with Gasteiger partial charge in [0.25, 0.3) is 0 Å². The lowest BCUT2D eigenvalue weighted by Crippen LogP contribution is -2.15. The van der Waals surface area contributed by atoms with E-state index in [1.54, 1.807) is 6.33 Å². The van der Waals surface area contributed by atoms with E-state index in [0.717, 1.165) is 13.0 Å². The zero-order valence-corrected chi connectivity index (χ0v) is 9.14. The molecule has 0 aliphatic carbocycles. The van der Waals surface area contributed by atoms with Crippen LogP contribution in [0.5, 0.6) is 0 Å². The lowest BCUT2D eigenvalue weighted by molar-refractivity contribution is 0.0873. The largest absolute Gasteiger partial charge is 0.378 e. The smallest absolute Gasteiger partial charge is 0.188 e. The molecule has 0 saturated carbocycles. The van der Waals surface area contributed by atoms with Crippen LogP contribution in [0.15, 0.2) is 12.5 Å². The number of nitrogens with zero attached hydrogens (tertiary/aromatic N) is 2. The van der Waals surface area contributed by atoms with Gasteiger partial charge in [0.2, 0.25) is 0 Å². The fraction of sp³-hybridized carbons (Fsp3) is 0.636. The number of aromatic nitrogens is 2. The van der Waals surface area contributed by atoms with Crippen molar-refractivity contribution in [2.24, 2.45) is 5.92 Å². The van der Waals surface area contributed by atoms with E-state index in [-0.39, 0.29) is 17.8 Å². The Bertz CT molecular complexity index is 359. The average molecular weight is 208 g/mol. The highest BCUT2D eigenvalue weighted by atomic mass is 16.5.